The second kappa shape index (κ2) is 14.0. The van der Waals surface area contributed by atoms with Crippen molar-refractivity contribution < 1.29 is 52.9 Å². The molecule has 0 fully saturated rings. The molecule has 0 spiro atoms. The number of rotatable bonds is 12. The van der Waals surface area contributed by atoms with E-state index in [1.54, 1.807) is 30.3 Å². The smallest absolute Gasteiger partial charge is 0.736 e. The minimum atomic E-state index is -4.59. The van der Waals surface area contributed by atoms with Gasteiger partial charge in [-0.05, 0) is 74.0 Å². The van der Waals surface area contributed by atoms with Crippen LogP contribution in [0.3, 0.4) is 0 Å². The summed E-state index contributed by atoms with van der Waals surface area (Å²) in [5, 5.41) is 0. The number of para-hydroxylation sites is 1. The van der Waals surface area contributed by atoms with E-state index in [4.69, 9.17) is 9.05 Å². The summed E-state index contributed by atoms with van der Waals surface area (Å²) in [5.74, 6) is 0.241. The molecule has 0 saturated heterocycles. The molecule has 0 saturated carbocycles. The molecule has 35 heavy (non-hydrogen) atoms. The van der Waals surface area contributed by atoms with Crippen molar-refractivity contribution in [1.82, 2.24) is 4.90 Å². The maximum Gasteiger partial charge on any atom is 1.00 e. The number of aryl methyl sites for hydroxylation is 1. The van der Waals surface area contributed by atoms with Crippen LogP contribution in [0.5, 0.6) is 11.5 Å². The number of ketones is 1. The number of carbonyl (C=O) groups excluding carboxylic acids is 1. The third-order valence-electron chi connectivity index (χ3n) is 5.82. The molecule has 0 heterocycles. The van der Waals surface area contributed by atoms with Crippen LogP contribution in [0.25, 0.3) is 0 Å². The quantitative estimate of drug-likeness (QED) is 0.215. The van der Waals surface area contributed by atoms with Gasteiger partial charge in [-0.15, -0.1) is 0 Å². The van der Waals surface area contributed by atoms with Gasteiger partial charge in [-0.3, -0.25) is 9.69 Å². The summed E-state index contributed by atoms with van der Waals surface area (Å²) in [7, 11) is -4.59. The zero-order chi connectivity index (χ0) is 24.6. The molecule has 8 heteroatoms. The first-order valence-electron chi connectivity index (χ1n) is 11.5. The summed E-state index contributed by atoms with van der Waals surface area (Å²) in [6.07, 6.45) is 1.00. The van der Waals surface area contributed by atoms with Gasteiger partial charge in [0.15, 0.2) is 5.78 Å². The zero-order valence-electron chi connectivity index (χ0n) is 20.8. The first-order valence-corrected chi connectivity index (χ1v) is 13.0. The van der Waals surface area contributed by atoms with E-state index in [-0.39, 0.29) is 46.8 Å². The Balaban J connectivity index is 0.00000432. The van der Waals surface area contributed by atoms with Gasteiger partial charge in [-0.25, -0.2) is 4.57 Å². The molecule has 0 aromatic heterocycles. The van der Waals surface area contributed by atoms with Gasteiger partial charge < -0.3 is 13.9 Å². The molecule has 0 aliphatic heterocycles. The fourth-order valence-electron chi connectivity index (χ4n) is 3.81. The van der Waals surface area contributed by atoms with Crippen LogP contribution < -0.4 is 43.5 Å². The Morgan fingerprint density at radius 1 is 0.886 bits per heavy atom. The van der Waals surface area contributed by atoms with Crippen LogP contribution in [-0.2, 0) is 11.0 Å². The number of carbonyl (C=O) groups is 1. The molecule has 0 bridgehead atoms. The Morgan fingerprint density at radius 2 is 1.43 bits per heavy atom. The van der Waals surface area contributed by atoms with Crippen molar-refractivity contribution in [2.45, 2.75) is 39.7 Å². The van der Waals surface area contributed by atoms with Gasteiger partial charge in [-0.2, -0.15) is 0 Å². The van der Waals surface area contributed by atoms with Gasteiger partial charge in [0.25, 0.3) is 0 Å². The monoisotopic (exact) mass is 503 g/mol. The van der Waals surface area contributed by atoms with Gasteiger partial charge in [0.1, 0.15) is 11.5 Å². The number of phosphoric acid groups is 1. The largest absolute Gasteiger partial charge is 1.00 e. The Labute approximate surface area is 230 Å². The molecular weight excluding hydrogens is 472 g/mol. The normalized spacial score (nSPS) is 13.4. The molecule has 0 amide bonds. The van der Waals surface area contributed by atoms with E-state index in [9.17, 15) is 14.3 Å². The summed E-state index contributed by atoms with van der Waals surface area (Å²) in [4.78, 5) is 27.1. The Kier molecular flexibility index (Phi) is 11.7. The third-order valence-corrected chi connectivity index (χ3v) is 6.69. The molecule has 3 rings (SSSR count). The molecule has 2 unspecified atom stereocenters. The van der Waals surface area contributed by atoms with Crippen LogP contribution in [0, 0.1) is 0 Å². The van der Waals surface area contributed by atoms with Crippen molar-refractivity contribution in [2.24, 2.45) is 0 Å². The topological polar surface area (TPSA) is 78.9 Å². The van der Waals surface area contributed by atoms with Crippen molar-refractivity contribution in [3.63, 3.8) is 0 Å². The average molecular weight is 504 g/mol. The number of hydrogen-bond acceptors (Lipinski definition) is 6. The number of hydrogen-bond donors (Lipinski definition) is 0. The van der Waals surface area contributed by atoms with Crippen molar-refractivity contribution >= 4 is 13.6 Å². The van der Waals surface area contributed by atoms with Gasteiger partial charge >= 0.3 is 37.4 Å². The number of Topliss-reactive ketones (excluding diaryl/α,β-unsaturated/α-hetero) is 1. The third kappa shape index (κ3) is 8.91. The van der Waals surface area contributed by atoms with E-state index in [1.165, 1.54) is 29.8 Å². The molecule has 0 N–H and O–H groups in total. The number of nitrogens with zero attached hydrogens (tertiary/aromatic N) is 1. The van der Waals surface area contributed by atoms with Gasteiger partial charge in [0, 0.05) is 18.0 Å². The summed E-state index contributed by atoms with van der Waals surface area (Å²) in [5.41, 5.74) is 2.87. The Hall–Kier alpha value is -1.92. The maximum absolute atomic E-state index is 12.6. The average Bonchev–Trinajstić information content (AvgIpc) is 2.84. The van der Waals surface area contributed by atoms with E-state index in [0.717, 1.165) is 18.7 Å². The summed E-state index contributed by atoms with van der Waals surface area (Å²) in [6, 6.07) is 22.9. The van der Waals surface area contributed by atoms with Crippen molar-refractivity contribution in [3.8, 4) is 11.5 Å². The van der Waals surface area contributed by atoms with E-state index in [2.05, 4.69) is 49.9 Å². The predicted molar refractivity (Wildman–Crippen MR) is 132 cm³/mol. The zero-order valence-corrected chi connectivity index (χ0v) is 23.7. The number of phosphoric ester groups is 1. The van der Waals surface area contributed by atoms with Crippen molar-refractivity contribution in [1.29, 1.82) is 0 Å². The minimum Gasteiger partial charge on any atom is -0.736 e. The van der Waals surface area contributed by atoms with E-state index >= 15 is 0 Å². The van der Waals surface area contributed by atoms with Crippen LogP contribution in [0.4, 0.5) is 0 Å². The van der Waals surface area contributed by atoms with Gasteiger partial charge in [-0.1, -0.05) is 56.3 Å². The first kappa shape index (κ1) is 29.3. The maximum atomic E-state index is 12.6. The summed E-state index contributed by atoms with van der Waals surface area (Å²) >= 11 is 0. The van der Waals surface area contributed by atoms with E-state index < -0.39 is 7.82 Å². The molecule has 0 aliphatic carbocycles. The van der Waals surface area contributed by atoms with Crippen molar-refractivity contribution in [3.05, 3.63) is 95.6 Å². The van der Waals surface area contributed by atoms with Crippen molar-refractivity contribution in [2.75, 3.05) is 13.1 Å². The molecule has 0 radical (unpaired) electrons. The second-order valence-electron chi connectivity index (χ2n) is 8.03. The Morgan fingerprint density at radius 3 is 1.97 bits per heavy atom. The van der Waals surface area contributed by atoms with Gasteiger partial charge in [0.2, 0.25) is 0 Å². The van der Waals surface area contributed by atoms with E-state index in [1.807, 2.05) is 0 Å². The minimum absolute atomic E-state index is 0. The van der Waals surface area contributed by atoms with Crippen LogP contribution in [0.1, 0.15) is 54.7 Å². The van der Waals surface area contributed by atoms with Crippen LogP contribution in [0.2, 0.25) is 0 Å². The molecule has 180 valence electrons. The molecule has 2 atom stereocenters. The fourth-order valence-corrected chi connectivity index (χ4v) is 4.60. The molecule has 3 aromatic carbocycles. The summed E-state index contributed by atoms with van der Waals surface area (Å²) < 4.78 is 22.0. The number of benzene rings is 3. The fraction of sp³-hybridized carbons (Fsp3) is 0.296. The van der Waals surface area contributed by atoms with Gasteiger partial charge in [0.05, 0.1) is 0 Å². The summed E-state index contributed by atoms with van der Waals surface area (Å²) in [6.45, 7) is 8.54. The molecule has 3 aromatic rings. The molecule has 6 nitrogen and oxygen atoms in total. The standard InChI is InChI=1S/C27H32NO5P.Na/c1-4-28(5-2)21(3)23-14-11-22(12-15-23)13-20-27(29)24-16-18-26(19-17-24)33-34(30,31)32-25-9-7-6-8-10-25;/h6-12,14-19,21H,4-5,13,20H2,1-3H3,(H,30,31);/q;+1/p-1. The van der Waals surface area contributed by atoms with E-state index in [0.29, 0.717) is 24.4 Å². The molecular formula is C27H31NNaO5P. The first-order chi connectivity index (χ1) is 16.3. The second-order valence-corrected chi connectivity index (χ2v) is 9.29. The van der Waals surface area contributed by atoms with Crippen LogP contribution >= 0.6 is 7.82 Å². The SMILES string of the molecule is CCN(CC)C(C)c1ccc(CCC(=O)c2ccc(OP(=O)([O-])Oc3ccccc3)cc2)cc1.[Na+]. The van der Waals surface area contributed by atoms with Crippen LogP contribution in [-0.4, -0.2) is 23.8 Å². The Bertz CT molecular complexity index is 1100. The predicted octanol–water partition coefficient (Wildman–Crippen LogP) is 2.84. The molecule has 0 aliphatic rings. The van der Waals surface area contributed by atoms with Crippen LogP contribution in [0.15, 0.2) is 78.9 Å².